The Morgan fingerprint density at radius 2 is 2.17 bits per heavy atom. The standard InChI is InChI=1S/C5H5F3N2O2/c6-5(7,8)2-12-1-4(11)10-3-9/h1-2H2,(H,10,11). The average Bonchev–Trinajstić information content (AvgIpc) is 1.84. The molecule has 7 heteroatoms. The van der Waals surface area contributed by atoms with E-state index in [0.29, 0.717) is 0 Å². The van der Waals surface area contributed by atoms with Gasteiger partial charge in [0, 0.05) is 0 Å². The van der Waals surface area contributed by atoms with Crippen LogP contribution in [0.1, 0.15) is 0 Å². The zero-order valence-corrected chi connectivity index (χ0v) is 5.81. The van der Waals surface area contributed by atoms with Crippen LogP contribution >= 0.6 is 0 Å². The van der Waals surface area contributed by atoms with Crippen molar-refractivity contribution in [3.8, 4) is 6.19 Å². The van der Waals surface area contributed by atoms with Crippen molar-refractivity contribution in [2.75, 3.05) is 13.2 Å². The maximum absolute atomic E-state index is 11.4. The molecule has 0 rings (SSSR count). The smallest absolute Gasteiger partial charge is 0.362 e. The lowest BCUT2D eigenvalue weighted by Gasteiger charge is -2.05. The number of amides is 1. The first-order chi connectivity index (χ1) is 5.45. The Kier molecular flexibility index (Phi) is 4.07. The molecule has 0 saturated carbocycles. The predicted octanol–water partition coefficient (Wildman–Crippen LogP) is 0.163. The van der Waals surface area contributed by atoms with Crippen molar-refractivity contribution in [3.63, 3.8) is 0 Å². The van der Waals surface area contributed by atoms with Gasteiger partial charge in [-0.05, 0) is 0 Å². The van der Waals surface area contributed by atoms with Crippen molar-refractivity contribution in [2.24, 2.45) is 0 Å². The van der Waals surface area contributed by atoms with Crippen molar-refractivity contribution in [2.45, 2.75) is 6.18 Å². The first kappa shape index (κ1) is 10.7. The maximum atomic E-state index is 11.4. The molecule has 0 saturated heterocycles. The fourth-order valence-corrected chi connectivity index (χ4v) is 0.358. The van der Waals surface area contributed by atoms with Gasteiger partial charge in [-0.15, -0.1) is 0 Å². The lowest BCUT2D eigenvalue weighted by Crippen LogP contribution is -2.26. The van der Waals surface area contributed by atoms with E-state index in [0.717, 1.165) is 0 Å². The molecule has 0 aromatic carbocycles. The molecule has 0 aromatic rings. The number of hydrogen-bond donors (Lipinski definition) is 1. The van der Waals surface area contributed by atoms with Crippen molar-refractivity contribution < 1.29 is 22.7 Å². The molecule has 0 aliphatic rings. The Labute approximate surface area is 65.9 Å². The quantitative estimate of drug-likeness (QED) is 0.499. The number of carbonyl (C=O) groups is 1. The van der Waals surface area contributed by atoms with Gasteiger partial charge in [-0.1, -0.05) is 0 Å². The van der Waals surface area contributed by atoms with Crippen molar-refractivity contribution in [1.29, 1.82) is 5.26 Å². The van der Waals surface area contributed by atoms with Crippen LogP contribution in [0.3, 0.4) is 0 Å². The van der Waals surface area contributed by atoms with Gasteiger partial charge in [-0.2, -0.15) is 18.4 Å². The van der Waals surface area contributed by atoms with Crippen LogP contribution in [-0.2, 0) is 9.53 Å². The number of halogens is 3. The van der Waals surface area contributed by atoms with Crippen molar-refractivity contribution in [3.05, 3.63) is 0 Å². The third-order valence-electron chi connectivity index (χ3n) is 0.694. The Morgan fingerprint density at radius 3 is 2.58 bits per heavy atom. The summed E-state index contributed by atoms with van der Waals surface area (Å²) in [6, 6.07) is 0. The second kappa shape index (κ2) is 4.56. The molecule has 0 aliphatic heterocycles. The summed E-state index contributed by atoms with van der Waals surface area (Å²) in [5, 5.41) is 9.44. The number of nitriles is 1. The molecule has 0 bridgehead atoms. The van der Waals surface area contributed by atoms with Gasteiger partial charge in [0.2, 0.25) is 0 Å². The SMILES string of the molecule is N#CNC(=O)COCC(F)(F)F. The van der Waals surface area contributed by atoms with E-state index in [2.05, 4.69) is 4.74 Å². The van der Waals surface area contributed by atoms with E-state index in [1.54, 1.807) is 5.32 Å². The number of carbonyl (C=O) groups excluding carboxylic acids is 1. The molecule has 0 unspecified atom stereocenters. The van der Waals surface area contributed by atoms with Gasteiger partial charge in [0.25, 0.3) is 5.91 Å². The minimum atomic E-state index is -4.45. The number of nitrogens with one attached hydrogen (secondary N) is 1. The third kappa shape index (κ3) is 6.82. The summed E-state index contributed by atoms with van der Waals surface area (Å²) in [5.41, 5.74) is 0. The molecule has 0 atom stereocenters. The first-order valence-corrected chi connectivity index (χ1v) is 2.78. The van der Waals surface area contributed by atoms with Gasteiger partial charge in [0.1, 0.15) is 13.2 Å². The highest BCUT2D eigenvalue weighted by atomic mass is 19.4. The third-order valence-corrected chi connectivity index (χ3v) is 0.694. The Hall–Kier alpha value is -1.29. The number of nitrogens with zero attached hydrogens (tertiary/aromatic N) is 1. The normalized spacial score (nSPS) is 10.5. The number of ether oxygens (including phenoxy) is 1. The highest BCUT2D eigenvalue weighted by molar-refractivity contribution is 5.78. The van der Waals surface area contributed by atoms with Gasteiger partial charge in [0.05, 0.1) is 0 Å². The Bertz CT molecular complexity index is 196. The predicted molar refractivity (Wildman–Crippen MR) is 30.6 cm³/mol. The molecular weight excluding hydrogens is 177 g/mol. The van der Waals surface area contributed by atoms with Gasteiger partial charge < -0.3 is 4.74 Å². The highest BCUT2D eigenvalue weighted by Crippen LogP contribution is 2.13. The zero-order chi connectivity index (χ0) is 9.61. The topological polar surface area (TPSA) is 62.1 Å². The number of hydrogen-bond acceptors (Lipinski definition) is 3. The van der Waals surface area contributed by atoms with Gasteiger partial charge >= 0.3 is 6.18 Å². The van der Waals surface area contributed by atoms with Crippen LogP contribution in [0.5, 0.6) is 0 Å². The van der Waals surface area contributed by atoms with Gasteiger partial charge in [-0.25, -0.2) is 0 Å². The summed E-state index contributed by atoms with van der Waals surface area (Å²) < 4.78 is 38.0. The molecule has 12 heavy (non-hydrogen) atoms. The minimum Gasteiger partial charge on any atom is -0.362 e. The van der Waals surface area contributed by atoms with Gasteiger partial charge in [0.15, 0.2) is 6.19 Å². The Morgan fingerprint density at radius 1 is 1.58 bits per heavy atom. The van der Waals surface area contributed by atoms with Crippen molar-refractivity contribution in [1.82, 2.24) is 5.32 Å². The average molecular weight is 182 g/mol. The summed E-state index contributed by atoms with van der Waals surface area (Å²) in [4.78, 5) is 10.3. The van der Waals surface area contributed by atoms with E-state index in [-0.39, 0.29) is 0 Å². The molecule has 68 valence electrons. The van der Waals surface area contributed by atoms with Crippen molar-refractivity contribution >= 4 is 5.91 Å². The maximum Gasteiger partial charge on any atom is 0.411 e. The summed E-state index contributed by atoms with van der Waals surface area (Å²) in [6.07, 6.45) is -3.20. The lowest BCUT2D eigenvalue weighted by molar-refractivity contribution is -0.175. The molecule has 0 fully saturated rings. The van der Waals surface area contributed by atoms with E-state index in [4.69, 9.17) is 5.26 Å². The van der Waals surface area contributed by atoms with E-state index in [1.165, 1.54) is 6.19 Å². The van der Waals surface area contributed by atoms with Crippen LogP contribution in [0.2, 0.25) is 0 Å². The van der Waals surface area contributed by atoms with E-state index < -0.39 is 25.3 Å². The molecule has 0 aromatic heterocycles. The second-order valence-corrected chi connectivity index (χ2v) is 1.77. The first-order valence-electron chi connectivity index (χ1n) is 2.78. The molecule has 0 aliphatic carbocycles. The summed E-state index contributed by atoms with van der Waals surface area (Å²) in [5.74, 6) is -0.901. The molecule has 0 heterocycles. The molecule has 1 amide bonds. The molecule has 4 nitrogen and oxygen atoms in total. The summed E-state index contributed by atoms with van der Waals surface area (Å²) >= 11 is 0. The fraction of sp³-hybridized carbons (Fsp3) is 0.600. The van der Waals surface area contributed by atoms with E-state index in [9.17, 15) is 18.0 Å². The monoisotopic (exact) mass is 182 g/mol. The molecular formula is C5H5F3N2O2. The van der Waals surface area contributed by atoms with Crippen LogP contribution in [0.25, 0.3) is 0 Å². The number of rotatable bonds is 3. The second-order valence-electron chi connectivity index (χ2n) is 1.77. The zero-order valence-electron chi connectivity index (χ0n) is 5.81. The molecule has 0 spiro atoms. The largest absolute Gasteiger partial charge is 0.411 e. The molecule has 1 N–H and O–H groups in total. The van der Waals surface area contributed by atoms with E-state index in [1.807, 2.05) is 0 Å². The minimum absolute atomic E-state index is 0.771. The summed E-state index contributed by atoms with van der Waals surface area (Å²) in [6.45, 7) is -2.26. The number of alkyl halides is 3. The van der Waals surface area contributed by atoms with Crippen LogP contribution in [0.4, 0.5) is 13.2 Å². The van der Waals surface area contributed by atoms with Crippen LogP contribution in [0.15, 0.2) is 0 Å². The fourth-order valence-electron chi connectivity index (χ4n) is 0.358. The highest BCUT2D eigenvalue weighted by Gasteiger charge is 2.27. The summed E-state index contributed by atoms with van der Waals surface area (Å²) in [7, 11) is 0. The van der Waals surface area contributed by atoms with E-state index >= 15 is 0 Å². The van der Waals surface area contributed by atoms with Crippen LogP contribution < -0.4 is 5.32 Å². The molecule has 0 radical (unpaired) electrons. The van der Waals surface area contributed by atoms with Gasteiger partial charge in [-0.3, -0.25) is 10.1 Å². The Balaban J connectivity index is 3.45. The van der Waals surface area contributed by atoms with Crippen LogP contribution in [0, 0.1) is 11.5 Å². The van der Waals surface area contributed by atoms with Crippen LogP contribution in [-0.4, -0.2) is 25.3 Å². The lowest BCUT2D eigenvalue weighted by atomic mass is 10.6.